The van der Waals surface area contributed by atoms with Gasteiger partial charge < -0.3 is 10.2 Å². The van der Waals surface area contributed by atoms with Gasteiger partial charge in [-0.2, -0.15) is 24.9 Å². The Morgan fingerprint density at radius 3 is 2.43 bits per heavy atom. The van der Waals surface area contributed by atoms with Crippen LogP contribution in [0.4, 0.5) is 24.0 Å². The minimum atomic E-state index is -4.33. The first-order valence-electron chi connectivity index (χ1n) is 7.21. The fourth-order valence-corrected chi connectivity index (χ4v) is 3.89. The predicted octanol–water partition coefficient (Wildman–Crippen LogP) is 4.33. The van der Waals surface area contributed by atoms with E-state index in [0.29, 0.717) is 17.9 Å². The maximum absolute atomic E-state index is 12.5. The molecule has 3 nitrogen and oxygen atoms in total. The molecule has 0 radical (unpaired) electrons. The molecule has 1 aromatic carbocycles. The number of hydrogen-bond acceptors (Lipinski definition) is 5. The molecule has 0 saturated carbocycles. The van der Waals surface area contributed by atoms with E-state index < -0.39 is 11.1 Å². The smallest absolute Gasteiger partial charge is 0.370 e. The Labute approximate surface area is 140 Å². The number of thiazole rings is 1. The van der Waals surface area contributed by atoms with Gasteiger partial charge in [-0.05, 0) is 17.7 Å². The summed E-state index contributed by atoms with van der Waals surface area (Å²) in [6, 6.07) is 8.14. The zero-order valence-electron chi connectivity index (χ0n) is 12.3. The Bertz CT molecular complexity index is 634. The number of benzene rings is 1. The molecule has 2 heterocycles. The minimum absolute atomic E-state index is 0.287. The maximum atomic E-state index is 12.5. The lowest BCUT2D eigenvalue weighted by atomic mass is 10.2. The highest BCUT2D eigenvalue weighted by atomic mass is 32.2. The quantitative estimate of drug-likeness (QED) is 0.880. The van der Waals surface area contributed by atoms with Gasteiger partial charge in [0.25, 0.3) is 0 Å². The fraction of sp³-hybridized carbons (Fsp3) is 0.400. The molecule has 1 N–H and O–H groups in total. The summed E-state index contributed by atoms with van der Waals surface area (Å²) in [5.41, 5.74) is 2.21. The molecule has 0 spiro atoms. The Morgan fingerprint density at radius 1 is 1.13 bits per heavy atom. The van der Waals surface area contributed by atoms with Gasteiger partial charge in [-0.15, -0.1) is 0 Å². The van der Waals surface area contributed by atoms with E-state index in [2.05, 4.69) is 27.3 Å². The number of rotatable bonds is 4. The van der Waals surface area contributed by atoms with Crippen molar-refractivity contribution in [3.8, 4) is 0 Å². The van der Waals surface area contributed by atoms with Crippen molar-refractivity contribution < 1.29 is 13.2 Å². The zero-order chi connectivity index (χ0) is 16.3. The fourth-order valence-electron chi connectivity index (χ4n) is 2.31. The second kappa shape index (κ2) is 7.00. The van der Waals surface area contributed by atoms with Crippen LogP contribution in [0.1, 0.15) is 10.4 Å². The molecule has 0 amide bonds. The van der Waals surface area contributed by atoms with Crippen LogP contribution in [0.25, 0.3) is 0 Å². The highest BCUT2D eigenvalue weighted by Crippen LogP contribution is 2.35. The molecule has 0 unspecified atom stereocenters. The average Bonchev–Trinajstić information content (AvgIpc) is 3.04. The largest absolute Gasteiger partial charge is 0.427 e. The number of nitrogens with one attached hydrogen (secondary N) is 1. The molecule has 0 bridgehead atoms. The van der Waals surface area contributed by atoms with Crippen LogP contribution in [0.3, 0.4) is 0 Å². The van der Waals surface area contributed by atoms with Crippen molar-refractivity contribution in [2.75, 3.05) is 34.8 Å². The van der Waals surface area contributed by atoms with Gasteiger partial charge in [0.05, 0.1) is 6.20 Å². The van der Waals surface area contributed by atoms with Gasteiger partial charge in [0.2, 0.25) is 0 Å². The minimum Gasteiger partial charge on any atom is -0.370 e. The van der Waals surface area contributed by atoms with E-state index in [1.54, 1.807) is 0 Å². The van der Waals surface area contributed by atoms with E-state index in [0.717, 1.165) is 36.4 Å². The summed E-state index contributed by atoms with van der Waals surface area (Å²) in [4.78, 5) is 5.43. The Kier molecular flexibility index (Phi) is 5.01. The molecule has 2 aromatic rings. The molecular formula is C15H16F3N3S2. The molecule has 8 heteroatoms. The van der Waals surface area contributed by atoms with Crippen molar-refractivity contribution in [1.82, 2.24) is 4.98 Å². The van der Waals surface area contributed by atoms with Crippen molar-refractivity contribution in [3.05, 3.63) is 40.9 Å². The number of aromatic nitrogens is 1. The summed E-state index contributed by atoms with van der Waals surface area (Å²) in [5.74, 6) is 2.30. The third-order valence-electron chi connectivity index (χ3n) is 3.54. The van der Waals surface area contributed by atoms with Gasteiger partial charge in [-0.3, -0.25) is 0 Å². The average molecular weight is 359 g/mol. The summed E-state index contributed by atoms with van der Waals surface area (Å²) in [7, 11) is 0. The van der Waals surface area contributed by atoms with Gasteiger partial charge in [0, 0.05) is 36.8 Å². The molecule has 1 aliphatic heterocycles. The highest BCUT2D eigenvalue weighted by molar-refractivity contribution is 7.99. The van der Waals surface area contributed by atoms with Crippen molar-refractivity contribution in [3.63, 3.8) is 0 Å². The van der Waals surface area contributed by atoms with E-state index in [4.69, 9.17) is 0 Å². The molecular weight excluding hydrogens is 343 g/mol. The maximum Gasteiger partial charge on any atom is 0.427 e. The summed E-state index contributed by atoms with van der Waals surface area (Å²) < 4.78 is 37.6. The number of nitrogens with zero attached hydrogens (tertiary/aromatic N) is 2. The first-order chi connectivity index (χ1) is 11.0. The van der Waals surface area contributed by atoms with Gasteiger partial charge in [-0.25, -0.2) is 4.98 Å². The van der Waals surface area contributed by atoms with Gasteiger partial charge in [-0.1, -0.05) is 23.5 Å². The molecule has 23 heavy (non-hydrogen) atoms. The highest BCUT2D eigenvalue weighted by Gasteiger charge is 2.33. The number of anilines is 2. The standard InChI is InChI=1S/C15H16F3N3S2/c16-15(17,18)13-10-20-14(23-13)19-9-11-1-3-12(4-2-11)21-5-7-22-8-6-21/h1-4,10H,5-9H2,(H,19,20). The third kappa shape index (κ3) is 4.32. The van der Waals surface area contributed by atoms with Crippen LogP contribution < -0.4 is 10.2 Å². The van der Waals surface area contributed by atoms with Crippen LogP contribution in [0.5, 0.6) is 0 Å². The number of thioether (sulfide) groups is 1. The number of alkyl halides is 3. The summed E-state index contributed by atoms with van der Waals surface area (Å²) >= 11 is 2.60. The third-order valence-corrected chi connectivity index (χ3v) is 5.48. The van der Waals surface area contributed by atoms with E-state index in [9.17, 15) is 13.2 Å². The van der Waals surface area contributed by atoms with E-state index in [1.807, 2.05) is 23.9 Å². The molecule has 1 aromatic heterocycles. The van der Waals surface area contributed by atoms with Crippen molar-refractivity contribution in [1.29, 1.82) is 0 Å². The Hall–Kier alpha value is -1.41. The summed E-state index contributed by atoms with van der Waals surface area (Å²) in [6.07, 6.45) is -3.46. The Balaban J connectivity index is 1.57. The van der Waals surface area contributed by atoms with Crippen LogP contribution in [0.2, 0.25) is 0 Å². The lowest BCUT2D eigenvalue weighted by Gasteiger charge is -2.28. The first-order valence-corrected chi connectivity index (χ1v) is 9.18. The Morgan fingerprint density at radius 2 is 1.83 bits per heavy atom. The summed E-state index contributed by atoms with van der Waals surface area (Å²) in [5, 5.41) is 3.23. The van der Waals surface area contributed by atoms with E-state index >= 15 is 0 Å². The van der Waals surface area contributed by atoms with Crippen molar-refractivity contribution in [2.24, 2.45) is 0 Å². The van der Waals surface area contributed by atoms with Crippen LogP contribution in [-0.2, 0) is 12.7 Å². The molecule has 0 aliphatic carbocycles. The lowest BCUT2D eigenvalue weighted by Crippen LogP contribution is -2.32. The molecule has 1 aliphatic rings. The molecule has 3 rings (SSSR count). The van der Waals surface area contributed by atoms with Crippen molar-refractivity contribution in [2.45, 2.75) is 12.7 Å². The normalized spacial score (nSPS) is 15.7. The molecule has 1 fully saturated rings. The van der Waals surface area contributed by atoms with Crippen LogP contribution in [0.15, 0.2) is 30.5 Å². The van der Waals surface area contributed by atoms with E-state index in [-0.39, 0.29) is 5.13 Å². The summed E-state index contributed by atoms with van der Waals surface area (Å²) in [6.45, 7) is 2.57. The van der Waals surface area contributed by atoms with Crippen molar-refractivity contribution >= 4 is 33.9 Å². The van der Waals surface area contributed by atoms with Crippen LogP contribution in [-0.4, -0.2) is 29.6 Å². The predicted molar refractivity (Wildman–Crippen MR) is 90.4 cm³/mol. The SMILES string of the molecule is FC(F)(F)c1cnc(NCc2ccc(N3CCSCC3)cc2)s1. The number of halogens is 3. The molecule has 1 saturated heterocycles. The second-order valence-corrected chi connectivity index (χ2v) is 7.40. The molecule has 124 valence electrons. The van der Waals surface area contributed by atoms with E-state index in [1.165, 1.54) is 5.69 Å². The van der Waals surface area contributed by atoms with Crippen LogP contribution >= 0.6 is 23.1 Å². The monoisotopic (exact) mass is 359 g/mol. The lowest BCUT2D eigenvalue weighted by molar-refractivity contribution is -0.134. The molecule has 0 atom stereocenters. The van der Waals surface area contributed by atoms with Gasteiger partial charge in [0.1, 0.15) is 4.88 Å². The van der Waals surface area contributed by atoms with Crippen LogP contribution in [0, 0.1) is 0 Å². The van der Waals surface area contributed by atoms with Gasteiger partial charge >= 0.3 is 6.18 Å². The topological polar surface area (TPSA) is 28.2 Å². The van der Waals surface area contributed by atoms with Gasteiger partial charge in [0.15, 0.2) is 5.13 Å². The number of hydrogen-bond donors (Lipinski definition) is 1. The first kappa shape index (κ1) is 16.4. The second-order valence-electron chi connectivity index (χ2n) is 5.15. The zero-order valence-corrected chi connectivity index (χ0v) is 13.9.